The van der Waals surface area contributed by atoms with Crippen molar-refractivity contribution in [1.29, 1.82) is 0 Å². The van der Waals surface area contributed by atoms with E-state index in [4.69, 9.17) is 9.47 Å². The molecule has 31 heavy (non-hydrogen) atoms. The van der Waals surface area contributed by atoms with Crippen molar-refractivity contribution in [3.05, 3.63) is 83.2 Å². The number of aromatic nitrogens is 2. The molecule has 0 aliphatic carbocycles. The number of rotatable bonds is 6. The van der Waals surface area contributed by atoms with Gasteiger partial charge in [-0.15, -0.1) is 0 Å². The van der Waals surface area contributed by atoms with Gasteiger partial charge in [-0.2, -0.15) is 0 Å². The largest absolute Gasteiger partial charge is 0.505 e. The average molecular weight is 417 g/mol. The van der Waals surface area contributed by atoms with Crippen molar-refractivity contribution in [3.63, 3.8) is 0 Å². The lowest BCUT2D eigenvalue weighted by atomic mass is 9.95. The Labute approximate surface area is 181 Å². The van der Waals surface area contributed by atoms with Crippen LogP contribution in [0.5, 0.6) is 17.2 Å². The SMILES string of the molecule is COc1cccc([C@H](Nc2cccc(C)[nH+]2)c2ccc3ccc(C)nc3c2O)c1OC. The van der Waals surface area contributed by atoms with Gasteiger partial charge in [0.05, 0.1) is 19.9 Å². The lowest BCUT2D eigenvalue weighted by Crippen LogP contribution is -2.21. The molecule has 0 unspecified atom stereocenters. The van der Waals surface area contributed by atoms with E-state index in [2.05, 4.69) is 15.3 Å². The number of anilines is 1. The zero-order valence-electron chi connectivity index (χ0n) is 18.1. The molecule has 2 aromatic heterocycles. The number of fused-ring (bicyclic) bond motifs is 1. The highest BCUT2D eigenvalue weighted by atomic mass is 16.5. The standard InChI is InChI=1S/C25H25N3O3/c1-15-7-5-10-21(26-15)28-23(19-8-6-9-20(30-3)25(19)31-4)18-14-13-17-12-11-16(2)27-22(17)24(18)29/h5-14,23,29H,1-4H3,(H,26,28)/p+1/t23-/m1/s1. The van der Waals surface area contributed by atoms with E-state index >= 15 is 0 Å². The third-order valence-electron chi connectivity index (χ3n) is 5.30. The Hall–Kier alpha value is -3.80. The summed E-state index contributed by atoms with van der Waals surface area (Å²) in [5, 5.41) is 15.6. The number of pyridine rings is 2. The first-order valence-corrected chi connectivity index (χ1v) is 10.1. The Morgan fingerprint density at radius 1 is 0.903 bits per heavy atom. The molecule has 0 aliphatic rings. The van der Waals surface area contributed by atoms with Crippen LogP contribution in [0, 0.1) is 13.8 Å². The number of hydrogen-bond acceptors (Lipinski definition) is 5. The maximum Gasteiger partial charge on any atom is 0.273 e. The smallest absolute Gasteiger partial charge is 0.273 e. The number of ether oxygens (including phenoxy) is 2. The van der Waals surface area contributed by atoms with Crippen molar-refractivity contribution in [1.82, 2.24) is 4.98 Å². The highest BCUT2D eigenvalue weighted by Crippen LogP contribution is 2.42. The van der Waals surface area contributed by atoms with Crippen LogP contribution in [0.2, 0.25) is 0 Å². The Kier molecular flexibility index (Phi) is 5.62. The monoisotopic (exact) mass is 416 g/mol. The van der Waals surface area contributed by atoms with Crippen LogP contribution in [0.4, 0.5) is 5.82 Å². The summed E-state index contributed by atoms with van der Waals surface area (Å²) in [4.78, 5) is 7.90. The Bertz CT molecular complexity index is 1240. The minimum Gasteiger partial charge on any atom is -0.505 e. The number of para-hydroxylation sites is 1. The Morgan fingerprint density at radius 2 is 1.68 bits per heavy atom. The van der Waals surface area contributed by atoms with Gasteiger partial charge in [0.1, 0.15) is 11.3 Å². The average Bonchev–Trinajstić information content (AvgIpc) is 2.78. The molecule has 2 aromatic carbocycles. The molecule has 6 heteroatoms. The molecule has 4 rings (SSSR count). The summed E-state index contributed by atoms with van der Waals surface area (Å²) in [6.07, 6.45) is 0. The van der Waals surface area contributed by atoms with Crippen LogP contribution in [-0.4, -0.2) is 24.3 Å². The molecule has 158 valence electrons. The molecular weight excluding hydrogens is 390 g/mol. The predicted molar refractivity (Wildman–Crippen MR) is 121 cm³/mol. The van der Waals surface area contributed by atoms with Crippen molar-refractivity contribution in [3.8, 4) is 17.2 Å². The highest BCUT2D eigenvalue weighted by Gasteiger charge is 2.28. The van der Waals surface area contributed by atoms with Gasteiger partial charge in [-0.25, -0.2) is 9.97 Å². The van der Waals surface area contributed by atoms with E-state index in [1.54, 1.807) is 14.2 Å². The van der Waals surface area contributed by atoms with Gasteiger partial charge in [0.25, 0.3) is 5.82 Å². The number of nitrogens with one attached hydrogen (secondary N) is 2. The molecular formula is C25H26N3O3+. The summed E-state index contributed by atoms with van der Waals surface area (Å²) in [6, 6.07) is 19.0. The van der Waals surface area contributed by atoms with Gasteiger partial charge in [0, 0.05) is 28.3 Å². The molecule has 0 saturated heterocycles. The van der Waals surface area contributed by atoms with E-state index in [0.29, 0.717) is 22.6 Å². The topological polar surface area (TPSA) is 77.8 Å². The molecule has 4 aromatic rings. The number of methoxy groups -OCH3 is 2. The van der Waals surface area contributed by atoms with Crippen molar-refractivity contribution >= 4 is 16.7 Å². The summed E-state index contributed by atoms with van der Waals surface area (Å²) >= 11 is 0. The number of aromatic amines is 1. The number of aryl methyl sites for hydroxylation is 2. The molecule has 0 aliphatic heterocycles. The van der Waals surface area contributed by atoms with Crippen LogP contribution in [0.3, 0.4) is 0 Å². The molecule has 0 saturated carbocycles. The van der Waals surface area contributed by atoms with Gasteiger partial charge in [0.15, 0.2) is 17.5 Å². The molecule has 0 spiro atoms. The van der Waals surface area contributed by atoms with Crippen LogP contribution < -0.4 is 19.8 Å². The quantitative estimate of drug-likeness (QED) is 0.481. The summed E-state index contributed by atoms with van der Waals surface area (Å²) in [5.41, 5.74) is 3.95. The molecule has 3 N–H and O–H groups in total. The van der Waals surface area contributed by atoms with E-state index in [0.717, 1.165) is 28.2 Å². The Balaban J connectivity index is 1.93. The number of benzene rings is 2. The second-order valence-corrected chi connectivity index (χ2v) is 7.44. The third-order valence-corrected chi connectivity index (χ3v) is 5.30. The van der Waals surface area contributed by atoms with Crippen LogP contribution in [0.15, 0.2) is 60.7 Å². The highest BCUT2D eigenvalue weighted by molar-refractivity contribution is 5.86. The maximum atomic E-state index is 11.2. The van der Waals surface area contributed by atoms with E-state index in [-0.39, 0.29) is 5.75 Å². The number of aromatic hydroxyl groups is 1. The van der Waals surface area contributed by atoms with E-state index in [1.165, 1.54) is 0 Å². The maximum absolute atomic E-state index is 11.2. The van der Waals surface area contributed by atoms with Crippen LogP contribution in [0.1, 0.15) is 28.6 Å². The van der Waals surface area contributed by atoms with E-state index in [9.17, 15) is 5.11 Å². The molecule has 1 atom stereocenters. The molecule has 2 heterocycles. The first kappa shape index (κ1) is 20.5. The first-order valence-electron chi connectivity index (χ1n) is 10.1. The number of phenolic OH excluding ortho intramolecular Hbond substituents is 1. The first-order chi connectivity index (χ1) is 15.0. The number of H-pyrrole nitrogens is 1. The fourth-order valence-electron chi connectivity index (χ4n) is 3.81. The minimum atomic E-state index is -0.421. The van der Waals surface area contributed by atoms with E-state index < -0.39 is 6.04 Å². The summed E-state index contributed by atoms with van der Waals surface area (Å²) in [7, 11) is 3.22. The van der Waals surface area contributed by atoms with E-state index in [1.807, 2.05) is 74.5 Å². The van der Waals surface area contributed by atoms with Crippen molar-refractivity contribution in [2.45, 2.75) is 19.9 Å². The number of hydrogen-bond donors (Lipinski definition) is 2. The summed E-state index contributed by atoms with van der Waals surface area (Å²) in [6.45, 7) is 3.90. The van der Waals surface area contributed by atoms with Crippen molar-refractivity contribution < 1.29 is 19.6 Å². The van der Waals surface area contributed by atoms with Crippen LogP contribution >= 0.6 is 0 Å². The Morgan fingerprint density at radius 3 is 2.42 bits per heavy atom. The third kappa shape index (κ3) is 3.97. The molecule has 0 fully saturated rings. The predicted octanol–water partition coefficient (Wildman–Crippen LogP) is 4.59. The van der Waals surface area contributed by atoms with Gasteiger partial charge < -0.3 is 14.6 Å². The van der Waals surface area contributed by atoms with Gasteiger partial charge >= 0.3 is 0 Å². The lowest BCUT2D eigenvalue weighted by molar-refractivity contribution is -0.371. The zero-order chi connectivity index (χ0) is 22.0. The summed E-state index contributed by atoms with van der Waals surface area (Å²) in [5.74, 6) is 2.17. The second kappa shape index (κ2) is 8.52. The van der Waals surface area contributed by atoms with Gasteiger partial charge in [-0.05, 0) is 38.1 Å². The van der Waals surface area contributed by atoms with Gasteiger partial charge in [-0.1, -0.05) is 30.3 Å². The number of nitrogens with zero attached hydrogens (tertiary/aromatic N) is 1. The van der Waals surface area contributed by atoms with Gasteiger partial charge in [-0.3, -0.25) is 5.32 Å². The molecule has 6 nitrogen and oxygen atoms in total. The summed E-state index contributed by atoms with van der Waals surface area (Å²) < 4.78 is 11.2. The molecule has 0 bridgehead atoms. The fraction of sp³-hybridized carbons (Fsp3) is 0.200. The zero-order valence-corrected chi connectivity index (χ0v) is 18.1. The number of phenols is 1. The van der Waals surface area contributed by atoms with Crippen LogP contribution in [0.25, 0.3) is 10.9 Å². The fourth-order valence-corrected chi connectivity index (χ4v) is 3.81. The second-order valence-electron chi connectivity index (χ2n) is 7.44. The van der Waals surface area contributed by atoms with Crippen molar-refractivity contribution in [2.75, 3.05) is 19.5 Å². The normalized spacial score (nSPS) is 11.9. The minimum absolute atomic E-state index is 0.135. The van der Waals surface area contributed by atoms with Gasteiger partial charge in [0.2, 0.25) is 0 Å². The van der Waals surface area contributed by atoms with Crippen molar-refractivity contribution in [2.24, 2.45) is 0 Å². The van der Waals surface area contributed by atoms with Crippen LogP contribution in [-0.2, 0) is 0 Å². The molecule has 0 radical (unpaired) electrons. The lowest BCUT2D eigenvalue weighted by Gasteiger charge is -2.21. The molecule has 0 amide bonds.